The van der Waals surface area contributed by atoms with Crippen LogP contribution in [0.25, 0.3) is 0 Å². The fourth-order valence-electron chi connectivity index (χ4n) is 4.75. The lowest BCUT2D eigenvalue weighted by Crippen LogP contribution is -2.45. The third-order valence-electron chi connectivity index (χ3n) is 6.18. The lowest BCUT2D eigenvalue weighted by molar-refractivity contribution is -0.119. The van der Waals surface area contributed by atoms with Gasteiger partial charge in [0, 0.05) is 45.2 Å². The molecule has 2 saturated heterocycles. The van der Waals surface area contributed by atoms with Gasteiger partial charge in [0.25, 0.3) is 0 Å². The van der Waals surface area contributed by atoms with Crippen molar-refractivity contribution in [2.45, 2.75) is 44.7 Å². The van der Waals surface area contributed by atoms with Gasteiger partial charge >= 0.3 is 0 Å². The Kier molecular flexibility index (Phi) is 7.78. The Morgan fingerprint density at radius 3 is 2.33 bits per heavy atom. The molecule has 1 aliphatic carbocycles. The molecule has 1 N–H and O–H groups in total. The summed E-state index contributed by atoms with van der Waals surface area (Å²) < 4.78 is 14.0. The van der Waals surface area contributed by atoms with Crippen molar-refractivity contribution in [1.82, 2.24) is 10.2 Å². The molecule has 4 rings (SSSR count). The summed E-state index contributed by atoms with van der Waals surface area (Å²) in [5.74, 6) is 1.39. The number of hydrogen-bond acceptors (Lipinski definition) is 3. The third-order valence-corrected chi connectivity index (χ3v) is 6.18. The summed E-state index contributed by atoms with van der Waals surface area (Å²) in [5, 5.41) is 3.18. The predicted octanol–water partition coefficient (Wildman–Crippen LogP) is 3.48. The molecule has 0 spiro atoms. The highest BCUT2D eigenvalue weighted by Gasteiger charge is 2.44. The van der Waals surface area contributed by atoms with Gasteiger partial charge in [0.2, 0.25) is 5.91 Å². The predicted molar refractivity (Wildman–Crippen MR) is 112 cm³/mol. The van der Waals surface area contributed by atoms with Crippen LogP contribution < -0.4 is 10.2 Å². The van der Waals surface area contributed by atoms with E-state index < -0.39 is 0 Å². The van der Waals surface area contributed by atoms with Gasteiger partial charge in [0.1, 0.15) is 5.82 Å². The number of carbonyl (C=O) groups is 1. The van der Waals surface area contributed by atoms with Crippen LogP contribution in [0.3, 0.4) is 0 Å². The Morgan fingerprint density at radius 2 is 1.74 bits per heavy atom. The first-order valence-electron chi connectivity index (χ1n) is 9.62. The van der Waals surface area contributed by atoms with Crippen LogP contribution in [0, 0.1) is 17.7 Å². The van der Waals surface area contributed by atoms with Crippen LogP contribution in [0.5, 0.6) is 0 Å². The Balaban J connectivity index is 0.00000131. The molecule has 3 aliphatic rings. The molecule has 1 aromatic rings. The number of likely N-dealkylation sites (tertiary alicyclic amines) is 1. The number of piperidine rings is 1. The monoisotopic (exact) mass is 417 g/mol. The van der Waals surface area contributed by atoms with Gasteiger partial charge in [-0.1, -0.05) is 12.1 Å². The fraction of sp³-hybridized carbons (Fsp3) is 0.650. The molecule has 0 unspecified atom stereocenters. The smallest absolute Gasteiger partial charge is 0.217 e. The second kappa shape index (κ2) is 9.44. The maximum Gasteiger partial charge on any atom is 0.217 e. The summed E-state index contributed by atoms with van der Waals surface area (Å²) >= 11 is 0. The van der Waals surface area contributed by atoms with E-state index in [1.807, 2.05) is 12.1 Å². The molecule has 152 valence electrons. The van der Waals surface area contributed by atoms with Gasteiger partial charge in [0.15, 0.2) is 0 Å². The van der Waals surface area contributed by atoms with E-state index in [1.165, 1.54) is 12.8 Å². The summed E-state index contributed by atoms with van der Waals surface area (Å²) in [6.07, 6.45) is 4.78. The molecule has 3 fully saturated rings. The van der Waals surface area contributed by atoms with Gasteiger partial charge in [-0.3, -0.25) is 9.69 Å². The van der Waals surface area contributed by atoms with Crippen LogP contribution in [0.4, 0.5) is 10.1 Å². The lowest BCUT2D eigenvalue weighted by Gasteiger charge is -2.38. The molecule has 27 heavy (non-hydrogen) atoms. The average molecular weight is 418 g/mol. The molecule has 7 heteroatoms. The molecule has 4 nitrogen and oxygen atoms in total. The minimum Gasteiger partial charge on any atom is -0.369 e. The van der Waals surface area contributed by atoms with Crippen molar-refractivity contribution in [3.8, 4) is 0 Å². The molecule has 0 radical (unpaired) electrons. The number of para-hydroxylation sites is 1. The number of rotatable bonds is 4. The van der Waals surface area contributed by atoms with Crippen molar-refractivity contribution in [3.63, 3.8) is 0 Å². The number of hydrogen-bond donors (Lipinski definition) is 1. The van der Waals surface area contributed by atoms with E-state index in [0.717, 1.165) is 50.6 Å². The number of halogens is 3. The first kappa shape index (κ1) is 22.3. The first-order chi connectivity index (χ1) is 12.1. The van der Waals surface area contributed by atoms with Crippen molar-refractivity contribution in [1.29, 1.82) is 0 Å². The van der Waals surface area contributed by atoms with E-state index in [9.17, 15) is 9.18 Å². The second-order valence-electron chi connectivity index (χ2n) is 7.93. The number of anilines is 1. The van der Waals surface area contributed by atoms with Gasteiger partial charge < -0.3 is 10.2 Å². The van der Waals surface area contributed by atoms with Crippen LogP contribution in [0.15, 0.2) is 24.3 Å². The Morgan fingerprint density at radius 1 is 1.07 bits per heavy atom. The first-order valence-corrected chi connectivity index (χ1v) is 9.62. The van der Waals surface area contributed by atoms with E-state index in [4.69, 9.17) is 0 Å². The topological polar surface area (TPSA) is 35.6 Å². The fourth-order valence-corrected chi connectivity index (χ4v) is 4.75. The number of nitrogens with one attached hydrogen (secondary N) is 1. The van der Waals surface area contributed by atoms with Crippen molar-refractivity contribution < 1.29 is 9.18 Å². The molecule has 1 aromatic carbocycles. The number of amides is 1. The highest BCUT2D eigenvalue weighted by Crippen LogP contribution is 2.42. The third kappa shape index (κ3) is 5.07. The second-order valence-corrected chi connectivity index (χ2v) is 7.93. The quantitative estimate of drug-likeness (QED) is 0.814. The zero-order valence-corrected chi connectivity index (χ0v) is 17.4. The average Bonchev–Trinajstić information content (AvgIpc) is 3.36. The Hall–Kier alpha value is -1.04. The summed E-state index contributed by atoms with van der Waals surface area (Å²) in [5.41, 5.74) is 0.731. The number of nitrogens with zero attached hydrogens (tertiary/aromatic N) is 2. The summed E-state index contributed by atoms with van der Waals surface area (Å²) in [7, 11) is 0. The van der Waals surface area contributed by atoms with Crippen LogP contribution in [-0.2, 0) is 4.79 Å². The molecular formula is C20H30Cl2FN3O. The Bertz CT molecular complexity index is 635. The van der Waals surface area contributed by atoms with E-state index in [1.54, 1.807) is 19.1 Å². The maximum atomic E-state index is 14.0. The Labute approximate surface area is 173 Å². The van der Waals surface area contributed by atoms with E-state index >= 15 is 0 Å². The summed E-state index contributed by atoms with van der Waals surface area (Å²) in [6, 6.07) is 7.94. The van der Waals surface area contributed by atoms with Crippen LogP contribution in [-0.4, -0.2) is 49.1 Å². The molecule has 2 atom stereocenters. The van der Waals surface area contributed by atoms with Gasteiger partial charge in [-0.05, 0) is 49.7 Å². The minimum absolute atomic E-state index is 0. The zero-order valence-electron chi connectivity index (χ0n) is 15.8. The molecule has 2 heterocycles. The number of benzene rings is 1. The van der Waals surface area contributed by atoms with Crippen molar-refractivity contribution in [2.75, 3.05) is 31.1 Å². The molecule has 2 aliphatic heterocycles. The van der Waals surface area contributed by atoms with E-state index in [-0.39, 0.29) is 36.5 Å². The van der Waals surface area contributed by atoms with Gasteiger partial charge in [-0.2, -0.15) is 0 Å². The molecule has 1 amide bonds. The van der Waals surface area contributed by atoms with E-state index in [2.05, 4.69) is 15.1 Å². The normalized spacial score (nSPS) is 26.2. The minimum atomic E-state index is -0.123. The maximum absolute atomic E-state index is 14.0. The zero-order chi connectivity index (χ0) is 17.4. The lowest BCUT2D eigenvalue weighted by atomic mass is 9.98. The SMILES string of the molecule is CC(=O)N[C@H]1CN(C2CCN(c3ccccc3F)CC2)C[C@@H]1C1CC1.Cl.Cl. The van der Waals surface area contributed by atoms with E-state index in [0.29, 0.717) is 18.0 Å². The highest BCUT2D eigenvalue weighted by atomic mass is 35.5. The van der Waals surface area contributed by atoms with Crippen LogP contribution in [0.1, 0.15) is 32.6 Å². The largest absolute Gasteiger partial charge is 0.369 e. The van der Waals surface area contributed by atoms with Gasteiger partial charge in [0.05, 0.1) is 5.69 Å². The highest BCUT2D eigenvalue weighted by molar-refractivity contribution is 5.85. The standard InChI is InChI=1S/C20H28FN3O.2ClH/c1-14(25)22-19-13-24(12-17(19)15-6-7-15)16-8-10-23(11-9-16)20-5-3-2-4-18(20)21;;/h2-5,15-17,19H,6-13H2,1H3,(H,22,25);2*1H/t17-,19+;;/m1../s1. The van der Waals surface area contributed by atoms with Crippen LogP contribution in [0.2, 0.25) is 0 Å². The molecule has 0 aromatic heterocycles. The van der Waals surface area contributed by atoms with Crippen molar-refractivity contribution in [3.05, 3.63) is 30.1 Å². The van der Waals surface area contributed by atoms with Crippen LogP contribution >= 0.6 is 24.8 Å². The summed E-state index contributed by atoms with van der Waals surface area (Å²) in [4.78, 5) is 16.3. The summed E-state index contributed by atoms with van der Waals surface area (Å²) in [6.45, 7) is 5.52. The molecular weight excluding hydrogens is 388 g/mol. The molecule has 0 bridgehead atoms. The van der Waals surface area contributed by atoms with Gasteiger partial charge in [-0.15, -0.1) is 24.8 Å². The molecule has 1 saturated carbocycles. The van der Waals surface area contributed by atoms with Crippen molar-refractivity contribution in [2.24, 2.45) is 11.8 Å². The van der Waals surface area contributed by atoms with Gasteiger partial charge in [-0.25, -0.2) is 4.39 Å². The number of carbonyl (C=O) groups excluding carboxylic acids is 1. The van der Waals surface area contributed by atoms with Crippen molar-refractivity contribution >= 4 is 36.4 Å².